The lowest BCUT2D eigenvalue weighted by Gasteiger charge is -2.18. The molecule has 1 nitrogen and oxygen atoms in total. The van der Waals surface area contributed by atoms with Crippen LogP contribution in [-0.2, 0) is 5.11 Å². The highest BCUT2D eigenvalue weighted by Crippen LogP contribution is 2.24. The molecule has 2 heteroatoms. The molecular weight excluding hydrogens is 324 g/mol. The number of rotatable bonds is 20. The fraction of sp³-hybridized carbons (Fsp3) is 1.00. The summed E-state index contributed by atoms with van der Waals surface area (Å²) in [4.78, 5) is 0. The molecule has 0 heterocycles. The molecule has 0 aliphatic rings. The van der Waals surface area contributed by atoms with E-state index >= 15 is 0 Å². The number of unbranched alkanes of at least 4 members (excludes halogenated alkanes) is 14. The van der Waals surface area contributed by atoms with Crippen molar-refractivity contribution in [1.82, 2.24) is 0 Å². The maximum atomic E-state index is 11.9. The van der Waals surface area contributed by atoms with Crippen molar-refractivity contribution in [3.05, 3.63) is 0 Å². The number of thioether (sulfide) groups is 1. The van der Waals surface area contributed by atoms with Crippen molar-refractivity contribution in [2.75, 3.05) is 5.75 Å². The maximum Gasteiger partial charge on any atom is 0.102 e. The normalized spacial score (nSPS) is 13.9. The summed E-state index contributed by atoms with van der Waals surface area (Å²) in [6, 6.07) is 0. The van der Waals surface area contributed by atoms with Crippen LogP contribution in [0.2, 0.25) is 0 Å². The second-order valence-electron chi connectivity index (χ2n) is 7.85. The van der Waals surface area contributed by atoms with Gasteiger partial charge < -0.3 is 0 Å². The van der Waals surface area contributed by atoms with Crippen molar-refractivity contribution in [3.63, 3.8) is 0 Å². The van der Waals surface area contributed by atoms with Crippen LogP contribution in [0.1, 0.15) is 130 Å². The van der Waals surface area contributed by atoms with Crippen LogP contribution >= 0.6 is 11.8 Å². The van der Waals surface area contributed by atoms with Crippen molar-refractivity contribution >= 4 is 11.8 Å². The third-order valence-electron chi connectivity index (χ3n) is 5.20. The lowest BCUT2D eigenvalue weighted by molar-refractivity contribution is 0.100. The molecule has 0 N–H and O–H groups in total. The number of hydrogen-bond acceptors (Lipinski definition) is 1. The summed E-state index contributed by atoms with van der Waals surface area (Å²) in [5.74, 6) is 1.20. The van der Waals surface area contributed by atoms with Gasteiger partial charge in [0, 0.05) is 5.25 Å². The van der Waals surface area contributed by atoms with Crippen LogP contribution in [0, 0.1) is 0 Å². The van der Waals surface area contributed by atoms with Crippen molar-refractivity contribution < 1.29 is 5.11 Å². The van der Waals surface area contributed by atoms with E-state index in [0.717, 1.165) is 6.42 Å². The highest BCUT2D eigenvalue weighted by Gasteiger charge is 2.16. The molecule has 0 spiro atoms. The first-order valence-corrected chi connectivity index (χ1v) is 12.5. The summed E-state index contributed by atoms with van der Waals surface area (Å²) < 4.78 is 0. The quantitative estimate of drug-likeness (QED) is 0.196. The smallest absolute Gasteiger partial charge is 0.102 e. The molecule has 0 fully saturated rings. The van der Waals surface area contributed by atoms with Gasteiger partial charge in [-0.05, 0) is 25.5 Å². The minimum absolute atomic E-state index is 0.352. The summed E-state index contributed by atoms with van der Waals surface area (Å²) in [6.45, 7) is 6.41. The molecule has 1 radical (unpaired) electrons. The van der Waals surface area contributed by atoms with Gasteiger partial charge in [0.15, 0.2) is 0 Å². The van der Waals surface area contributed by atoms with Gasteiger partial charge in [-0.15, -0.1) is 0 Å². The molecule has 151 valence electrons. The van der Waals surface area contributed by atoms with Crippen molar-refractivity contribution in [1.29, 1.82) is 0 Å². The zero-order chi connectivity index (χ0) is 18.6. The summed E-state index contributed by atoms with van der Waals surface area (Å²) in [6.07, 6.45) is 22.7. The first-order chi connectivity index (χ1) is 12.2. The van der Waals surface area contributed by atoms with Crippen molar-refractivity contribution in [3.8, 4) is 0 Å². The molecule has 0 saturated heterocycles. The lowest BCUT2D eigenvalue weighted by atomic mass is 10.1. The predicted octanol–water partition coefficient (Wildman–Crippen LogP) is 8.58. The Hall–Kier alpha value is 0.310. The molecule has 0 aromatic rings. The van der Waals surface area contributed by atoms with E-state index in [2.05, 4.69) is 13.8 Å². The molecule has 25 heavy (non-hydrogen) atoms. The van der Waals surface area contributed by atoms with Gasteiger partial charge in [0.25, 0.3) is 0 Å². The Morgan fingerprint density at radius 2 is 1.00 bits per heavy atom. The van der Waals surface area contributed by atoms with Crippen LogP contribution in [0.4, 0.5) is 0 Å². The molecule has 0 bridgehead atoms. The Kier molecular flexibility index (Phi) is 20.9. The third kappa shape index (κ3) is 18.9. The van der Waals surface area contributed by atoms with Gasteiger partial charge in [0.2, 0.25) is 0 Å². The molecule has 0 aliphatic carbocycles. The fourth-order valence-corrected chi connectivity index (χ4v) is 4.68. The lowest BCUT2D eigenvalue weighted by Crippen LogP contribution is -2.18. The zero-order valence-corrected chi connectivity index (χ0v) is 18.5. The molecular formula is C23H47OS. The van der Waals surface area contributed by atoms with Crippen LogP contribution in [0.25, 0.3) is 0 Å². The maximum absolute atomic E-state index is 11.9. The second kappa shape index (κ2) is 20.6. The molecule has 0 rings (SSSR count). The Bertz CT molecular complexity index is 242. The van der Waals surface area contributed by atoms with Gasteiger partial charge in [-0.1, -0.05) is 110 Å². The molecule has 2 unspecified atom stereocenters. The van der Waals surface area contributed by atoms with E-state index in [9.17, 15) is 5.11 Å². The van der Waals surface area contributed by atoms with Gasteiger partial charge in [-0.25, -0.2) is 5.11 Å². The molecule has 0 aromatic heterocycles. The standard InChI is InChI=1S/C23H47OS/c1-4-6-8-10-12-13-14-15-17-19-21-25-23(22(3)24)20-18-16-11-9-7-5-2/h22-23H,4-21H2,1-3H3. The minimum Gasteiger partial charge on any atom is -0.232 e. The Balaban J connectivity index is 3.42. The molecule has 0 amide bonds. The van der Waals surface area contributed by atoms with E-state index in [1.165, 1.54) is 108 Å². The fourth-order valence-electron chi connectivity index (χ4n) is 3.40. The van der Waals surface area contributed by atoms with Crippen LogP contribution in [0.3, 0.4) is 0 Å². The average molecular weight is 372 g/mol. The van der Waals surface area contributed by atoms with E-state index in [-0.39, 0.29) is 0 Å². The van der Waals surface area contributed by atoms with Gasteiger partial charge in [-0.2, -0.15) is 11.8 Å². The Morgan fingerprint density at radius 1 is 0.600 bits per heavy atom. The molecule has 0 aromatic carbocycles. The summed E-state index contributed by atoms with van der Waals surface area (Å²) in [5.41, 5.74) is 0. The van der Waals surface area contributed by atoms with Crippen molar-refractivity contribution in [2.24, 2.45) is 0 Å². The van der Waals surface area contributed by atoms with E-state index in [1.54, 1.807) is 0 Å². The molecule has 0 saturated carbocycles. The monoisotopic (exact) mass is 371 g/mol. The van der Waals surface area contributed by atoms with Crippen LogP contribution in [-0.4, -0.2) is 17.1 Å². The second-order valence-corrected chi connectivity index (χ2v) is 9.20. The summed E-state index contributed by atoms with van der Waals surface area (Å²) >= 11 is 1.96. The first-order valence-electron chi connectivity index (χ1n) is 11.5. The van der Waals surface area contributed by atoms with E-state index in [4.69, 9.17) is 0 Å². The summed E-state index contributed by atoms with van der Waals surface area (Å²) in [5, 5.41) is 12.2. The van der Waals surface area contributed by atoms with Gasteiger partial charge in [0.05, 0.1) is 0 Å². The average Bonchev–Trinajstić information content (AvgIpc) is 2.60. The predicted molar refractivity (Wildman–Crippen MR) is 116 cm³/mol. The summed E-state index contributed by atoms with van der Waals surface area (Å²) in [7, 11) is 0. The van der Waals surface area contributed by atoms with Gasteiger partial charge >= 0.3 is 0 Å². The minimum atomic E-state index is -0.399. The van der Waals surface area contributed by atoms with Crippen LogP contribution in [0.15, 0.2) is 0 Å². The Labute approximate surface area is 164 Å². The molecule has 0 aliphatic heterocycles. The topological polar surface area (TPSA) is 19.9 Å². The van der Waals surface area contributed by atoms with Gasteiger partial charge in [0.1, 0.15) is 6.10 Å². The van der Waals surface area contributed by atoms with E-state index < -0.39 is 6.10 Å². The first kappa shape index (κ1) is 25.3. The highest BCUT2D eigenvalue weighted by molar-refractivity contribution is 7.99. The molecule has 2 atom stereocenters. The Morgan fingerprint density at radius 3 is 1.44 bits per heavy atom. The number of hydrogen-bond donors (Lipinski definition) is 0. The highest BCUT2D eigenvalue weighted by atomic mass is 32.2. The van der Waals surface area contributed by atoms with Crippen LogP contribution in [0.5, 0.6) is 0 Å². The van der Waals surface area contributed by atoms with E-state index in [1.807, 2.05) is 18.7 Å². The van der Waals surface area contributed by atoms with Crippen LogP contribution < -0.4 is 0 Å². The zero-order valence-electron chi connectivity index (χ0n) is 17.7. The largest absolute Gasteiger partial charge is 0.232 e. The third-order valence-corrected chi connectivity index (χ3v) is 6.77. The SMILES string of the molecule is CCCCCCCCCCCCSC(CCCCCCCC)C(C)[O]. The van der Waals surface area contributed by atoms with E-state index in [0.29, 0.717) is 5.25 Å². The van der Waals surface area contributed by atoms with Gasteiger partial charge in [-0.3, -0.25) is 0 Å². The van der Waals surface area contributed by atoms with Crippen molar-refractivity contribution in [2.45, 2.75) is 141 Å².